The van der Waals surface area contributed by atoms with Crippen molar-refractivity contribution in [3.63, 3.8) is 0 Å². The minimum absolute atomic E-state index is 0.153. The summed E-state index contributed by atoms with van der Waals surface area (Å²) in [6, 6.07) is -0.180. The second-order valence-electron chi connectivity index (χ2n) is 4.46. The minimum Gasteiger partial charge on any atom is -0.382 e. The first kappa shape index (κ1) is 15.8. The molecule has 0 fully saturated rings. The van der Waals surface area contributed by atoms with Crippen LogP contribution in [0.2, 0.25) is 0 Å². The van der Waals surface area contributed by atoms with Crippen molar-refractivity contribution in [3.8, 4) is 0 Å². The molecular formula is C10H17N6O4P. The fourth-order valence-corrected chi connectivity index (χ4v) is 2.32. The minimum atomic E-state index is -4.15. The molecule has 2 heterocycles. The van der Waals surface area contributed by atoms with Crippen LogP contribution in [0.3, 0.4) is 0 Å². The molecule has 11 heteroatoms. The smallest absolute Gasteiger partial charge is 0.350 e. The Labute approximate surface area is 120 Å². The number of hydrogen-bond donors (Lipinski definition) is 4. The molecule has 0 amide bonds. The predicted octanol–water partition coefficient (Wildman–Crippen LogP) is -0.550. The zero-order valence-electron chi connectivity index (χ0n) is 11.2. The number of anilines is 1. The maximum Gasteiger partial charge on any atom is 0.350 e. The molecule has 0 saturated heterocycles. The fourth-order valence-electron chi connectivity index (χ4n) is 1.95. The molecule has 0 aliphatic rings. The Bertz CT molecular complexity index is 656. The molecule has 0 aliphatic heterocycles. The normalized spacial score (nSPS) is 13.7. The molecule has 1 unspecified atom stereocenters. The summed E-state index contributed by atoms with van der Waals surface area (Å²) in [5.74, 6) is 0.298. The van der Waals surface area contributed by atoms with E-state index in [2.05, 4.69) is 15.0 Å². The van der Waals surface area contributed by atoms with Gasteiger partial charge >= 0.3 is 7.60 Å². The first-order valence-corrected chi connectivity index (χ1v) is 7.97. The van der Waals surface area contributed by atoms with Crippen LogP contribution in [0.25, 0.3) is 11.2 Å². The number of nitrogens with two attached hydrogens (primary N) is 2. The Hall–Kier alpha value is -1.58. The van der Waals surface area contributed by atoms with E-state index < -0.39 is 13.9 Å². The van der Waals surface area contributed by atoms with Crippen LogP contribution >= 0.6 is 7.60 Å². The number of aromatic nitrogens is 4. The SMILES string of the molecule is NCC(CCOCP(=O)(O)O)n1cnc2ncnc(N)c21. The average molecular weight is 316 g/mol. The summed E-state index contributed by atoms with van der Waals surface area (Å²) in [5.41, 5.74) is 12.6. The molecule has 0 radical (unpaired) electrons. The molecule has 0 bridgehead atoms. The van der Waals surface area contributed by atoms with Gasteiger partial charge in [0.1, 0.15) is 18.2 Å². The van der Waals surface area contributed by atoms with Gasteiger partial charge in [0, 0.05) is 19.2 Å². The standard InChI is InChI=1S/C10H17N6O4P/c11-3-7(1-2-20-6-21(17,18)19)16-5-15-10-8(16)9(12)13-4-14-10/h4-5,7H,1-3,6,11H2,(H2,12,13,14)(H2,17,18,19). The van der Waals surface area contributed by atoms with E-state index in [0.717, 1.165) is 0 Å². The molecular weight excluding hydrogens is 299 g/mol. The highest BCUT2D eigenvalue weighted by atomic mass is 31.2. The number of imidazole rings is 1. The van der Waals surface area contributed by atoms with Crippen molar-refractivity contribution in [2.24, 2.45) is 5.73 Å². The van der Waals surface area contributed by atoms with E-state index in [1.807, 2.05) is 0 Å². The highest BCUT2D eigenvalue weighted by molar-refractivity contribution is 7.51. The Kier molecular flexibility index (Phi) is 4.86. The summed E-state index contributed by atoms with van der Waals surface area (Å²) < 4.78 is 17.4. The molecule has 116 valence electrons. The molecule has 21 heavy (non-hydrogen) atoms. The van der Waals surface area contributed by atoms with Gasteiger partial charge in [-0.1, -0.05) is 0 Å². The van der Waals surface area contributed by atoms with Gasteiger partial charge in [-0.15, -0.1) is 0 Å². The van der Waals surface area contributed by atoms with Gasteiger partial charge in [0.05, 0.1) is 6.33 Å². The molecule has 6 N–H and O–H groups in total. The Morgan fingerprint density at radius 1 is 1.38 bits per heavy atom. The van der Waals surface area contributed by atoms with Crippen LogP contribution in [0, 0.1) is 0 Å². The Balaban J connectivity index is 2.08. The van der Waals surface area contributed by atoms with E-state index in [1.165, 1.54) is 6.33 Å². The third-order valence-corrected chi connectivity index (χ3v) is 3.43. The van der Waals surface area contributed by atoms with Crippen molar-refractivity contribution in [1.82, 2.24) is 19.5 Å². The predicted molar refractivity (Wildman–Crippen MR) is 75.3 cm³/mol. The van der Waals surface area contributed by atoms with Crippen LogP contribution in [-0.2, 0) is 9.30 Å². The monoisotopic (exact) mass is 316 g/mol. The van der Waals surface area contributed by atoms with Gasteiger partial charge in [-0.05, 0) is 6.42 Å². The second-order valence-corrected chi connectivity index (χ2v) is 6.05. The van der Waals surface area contributed by atoms with Crippen LogP contribution in [-0.4, -0.2) is 48.8 Å². The van der Waals surface area contributed by atoms with Gasteiger partial charge < -0.3 is 30.6 Å². The van der Waals surface area contributed by atoms with Gasteiger partial charge in [-0.2, -0.15) is 0 Å². The van der Waals surface area contributed by atoms with Crippen LogP contribution in [0.5, 0.6) is 0 Å². The fraction of sp³-hybridized carbons (Fsp3) is 0.500. The summed E-state index contributed by atoms with van der Waals surface area (Å²) >= 11 is 0. The lowest BCUT2D eigenvalue weighted by Crippen LogP contribution is -2.21. The number of ether oxygens (including phenoxy) is 1. The quantitative estimate of drug-likeness (QED) is 0.387. The van der Waals surface area contributed by atoms with Gasteiger partial charge in [0.15, 0.2) is 11.5 Å². The van der Waals surface area contributed by atoms with Crippen molar-refractivity contribution < 1.29 is 19.1 Å². The van der Waals surface area contributed by atoms with E-state index in [0.29, 0.717) is 29.9 Å². The molecule has 2 aromatic rings. The first-order chi connectivity index (χ1) is 9.92. The van der Waals surface area contributed by atoms with Crippen LogP contribution < -0.4 is 11.5 Å². The zero-order chi connectivity index (χ0) is 15.5. The number of nitrogen functional groups attached to an aromatic ring is 1. The number of hydrogen-bond acceptors (Lipinski definition) is 7. The maximum absolute atomic E-state index is 10.7. The second kappa shape index (κ2) is 6.46. The van der Waals surface area contributed by atoms with Crippen LogP contribution in [0.1, 0.15) is 12.5 Å². The van der Waals surface area contributed by atoms with Crippen molar-refractivity contribution in [2.45, 2.75) is 12.5 Å². The Morgan fingerprint density at radius 2 is 2.14 bits per heavy atom. The van der Waals surface area contributed by atoms with Gasteiger partial charge in [-0.25, -0.2) is 15.0 Å². The van der Waals surface area contributed by atoms with Gasteiger partial charge in [0.25, 0.3) is 0 Å². The molecule has 1 atom stereocenters. The van der Waals surface area contributed by atoms with E-state index in [-0.39, 0.29) is 12.6 Å². The highest BCUT2D eigenvalue weighted by Crippen LogP contribution is 2.34. The number of nitrogens with zero attached hydrogens (tertiary/aromatic N) is 4. The molecule has 2 rings (SSSR count). The van der Waals surface area contributed by atoms with Gasteiger partial charge in [-0.3, -0.25) is 4.57 Å². The third-order valence-electron chi connectivity index (χ3n) is 2.91. The summed E-state index contributed by atoms with van der Waals surface area (Å²) in [5, 5.41) is 0. The molecule has 0 aliphatic carbocycles. The van der Waals surface area contributed by atoms with Crippen molar-refractivity contribution in [3.05, 3.63) is 12.7 Å². The summed E-state index contributed by atoms with van der Waals surface area (Å²) in [6.45, 7) is 0.444. The lowest BCUT2D eigenvalue weighted by atomic mass is 10.2. The van der Waals surface area contributed by atoms with Crippen molar-refractivity contribution in [2.75, 3.05) is 25.2 Å². The highest BCUT2D eigenvalue weighted by Gasteiger charge is 2.17. The molecule has 0 aromatic carbocycles. The summed E-state index contributed by atoms with van der Waals surface area (Å²) in [6.07, 6.45) is 2.74. The van der Waals surface area contributed by atoms with E-state index >= 15 is 0 Å². The van der Waals surface area contributed by atoms with Crippen molar-refractivity contribution in [1.29, 1.82) is 0 Å². The molecule has 0 saturated carbocycles. The summed E-state index contributed by atoms with van der Waals surface area (Å²) in [7, 11) is -4.15. The van der Waals surface area contributed by atoms with E-state index in [4.69, 9.17) is 26.0 Å². The maximum atomic E-state index is 10.7. The molecule has 10 nitrogen and oxygen atoms in total. The van der Waals surface area contributed by atoms with Crippen LogP contribution in [0.4, 0.5) is 5.82 Å². The Morgan fingerprint density at radius 3 is 2.81 bits per heavy atom. The number of rotatable bonds is 7. The topological polar surface area (TPSA) is 162 Å². The lowest BCUT2D eigenvalue weighted by Gasteiger charge is -2.17. The van der Waals surface area contributed by atoms with Crippen molar-refractivity contribution >= 4 is 24.6 Å². The molecule has 2 aromatic heterocycles. The number of fused-ring (bicyclic) bond motifs is 1. The van der Waals surface area contributed by atoms with Crippen LogP contribution in [0.15, 0.2) is 12.7 Å². The first-order valence-electron chi connectivity index (χ1n) is 6.17. The third kappa shape index (κ3) is 3.96. The summed E-state index contributed by atoms with van der Waals surface area (Å²) in [4.78, 5) is 29.5. The van der Waals surface area contributed by atoms with E-state index in [1.54, 1.807) is 10.9 Å². The molecule has 0 spiro atoms. The largest absolute Gasteiger partial charge is 0.382 e. The average Bonchev–Trinajstić information content (AvgIpc) is 2.83. The zero-order valence-corrected chi connectivity index (χ0v) is 12.1. The lowest BCUT2D eigenvalue weighted by molar-refractivity contribution is 0.144. The van der Waals surface area contributed by atoms with Gasteiger partial charge in [0.2, 0.25) is 0 Å². The van der Waals surface area contributed by atoms with E-state index in [9.17, 15) is 4.57 Å².